The van der Waals surface area contributed by atoms with Crippen molar-refractivity contribution in [3.63, 3.8) is 0 Å². The second kappa shape index (κ2) is 27.6. The first-order valence-electron chi connectivity index (χ1n) is 14.4. The van der Waals surface area contributed by atoms with Crippen LogP contribution in [0.15, 0.2) is 85.1 Å². The van der Waals surface area contributed by atoms with Crippen molar-refractivity contribution in [2.45, 2.75) is 83.6 Å². The molecule has 0 saturated carbocycles. The summed E-state index contributed by atoms with van der Waals surface area (Å²) in [6.07, 6.45) is 35.2. The van der Waals surface area contributed by atoms with Gasteiger partial charge in [-0.15, -0.1) is 0 Å². The van der Waals surface area contributed by atoms with Crippen LogP contribution in [0.5, 0.6) is 0 Å². The van der Waals surface area contributed by atoms with E-state index in [0.717, 1.165) is 50.7 Å². The maximum Gasteiger partial charge on any atom is 0.330 e. The van der Waals surface area contributed by atoms with Crippen LogP contribution in [0.25, 0.3) is 0 Å². The van der Waals surface area contributed by atoms with Gasteiger partial charge in [-0.2, -0.15) is 0 Å². The molecule has 0 spiro atoms. The molecule has 3 N–H and O–H groups in total. The summed E-state index contributed by atoms with van der Waals surface area (Å²) in [6.45, 7) is 2.46. The fraction of sp³-hybridized carbons (Fsp3) is 0.455. The Morgan fingerprint density at radius 2 is 1.24 bits per heavy atom. The normalized spacial score (nSPS) is 13.0. The van der Waals surface area contributed by atoms with E-state index in [1.54, 1.807) is 0 Å². The molecule has 0 bridgehead atoms. The number of allylic oxidation sites excluding steroid dienone is 12. The molecule has 1 atom stereocenters. The van der Waals surface area contributed by atoms with Crippen molar-refractivity contribution in [1.82, 2.24) is 10.6 Å². The standard InChI is InChI=1S/C33H48N2O6/c1-3-4-5-6-7-8-9-10-11-12-13-14-15-16-17-18-19-20-21-25-31(37)35-29(33(39)40)24-22-23-28-34-30(36)26-27-32(38)41-2/h4-5,7-8,10-11,13-14,16-17,19-20,26-27,29H,3,6,9,12,15,18,21-25,28H2,1-2H3,(H,34,36)(H,35,37)(H,39,40)/b5-4-,8-7-,11-10-,14-13-,17-16-,20-19-,27-26+/t29-/m0/s1. The van der Waals surface area contributed by atoms with Crippen LogP contribution in [-0.2, 0) is 23.9 Å². The maximum atomic E-state index is 12.1. The highest BCUT2D eigenvalue weighted by Gasteiger charge is 2.18. The van der Waals surface area contributed by atoms with E-state index in [4.69, 9.17) is 0 Å². The predicted molar refractivity (Wildman–Crippen MR) is 165 cm³/mol. The Bertz CT molecular complexity index is 957. The Balaban J connectivity index is 3.95. The maximum absolute atomic E-state index is 12.1. The molecule has 0 radical (unpaired) electrons. The third-order valence-electron chi connectivity index (χ3n) is 5.56. The summed E-state index contributed by atoms with van der Waals surface area (Å²) in [5.74, 6) is -2.45. The highest BCUT2D eigenvalue weighted by atomic mass is 16.5. The van der Waals surface area contributed by atoms with E-state index in [1.165, 1.54) is 7.11 Å². The van der Waals surface area contributed by atoms with Crippen LogP contribution >= 0.6 is 0 Å². The third-order valence-corrected chi connectivity index (χ3v) is 5.56. The summed E-state index contributed by atoms with van der Waals surface area (Å²) in [4.78, 5) is 46.1. The number of unbranched alkanes of at least 4 members (excludes halogenated alkanes) is 1. The number of nitrogens with one attached hydrogen (secondary N) is 2. The largest absolute Gasteiger partial charge is 0.480 e. The lowest BCUT2D eigenvalue weighted by atomic mass is 10.1. The van der Waals surface area contributed by atoms with E-state index < -0.39 is 23.9 Å². The lowest BCUT2D eigenvalue weighted by Crippen LogP contribution is -2.40. The summed E-state index contributed by atoms with van der Waals surface area (Å²) >= 11 is 0. The molecule has 8 heteroatoms. The van der Waals surface area contributed by atoms with Crippen molar-refractivity contribution >= 4 is 23.8 Å². The van der Waals surface area contributed by atoms with Crippen molar-refractivity contribution in [2.24, 2.45) is 0 Å². The van der Waals surface area contributed by atoms with Crippen LogP contribution in [0.1, 0.15) is 77.6 Å². The molecular weight excluding hydrogens is 520 g/mol. The molecule has 0 aromatic heterocycles. The third kappa shape index (κ3) is 26.1. The second-order valence-electron chi connectivity index (χ2n) is 9.06. The minimum atomic E-state index is -1.09. The van der Waals surface area contributed by atoms with Crippen LogP contribution in [0.3, 0.4) is 0 Å². The smallest absolute Gasteiger partial charge is 0.330 e. The van der Waals surface area contributed by atoms with E-state index in [1.807, 2.05) is 12.2 Å². The van der Waals surface area contributed by atoms with Gasteiger partial charge in [-0.05, 0) is 64.2 Å². The van der Waals surface area contributed by atoms with Gasteiger partial charge in [0.2, 0.25) is 11.8 Å². The van der Waals surface area contributed by atoms with Gasteiger partial charge in [0.05, 0.1) is 7.11 Å². The Labute approximate surface area is 245 Å². The van der Waals surface area contributed by atoms with Crippen molar-refractivity contribution in [2.75, 3.05) is 13.7 Å². The van der Waals surface area contributed by atoms with Gasteiger partial charge in [0.1, 0.15) is 6.04 Å². The van der Waals surface area contributed by atoms with Gasteiger partial charge >= 0.3 is 11.9 Å². The lowest BCUT2D eigenvalue weighted by molar-refractivity contribution is -0.142. The number of esters is 1. The fourth-order valence-electron chi connectivity index (χ4n) is 3.33. The highest BCUT2D eigenvalue weighted by molar-refractivity contribution is 5.94. The molecule has 226 valence electrons. The van der Waals surface area contributed by atoms with E-state index in [-0.39, 0.29) is 18.7 Å². The monoisotopic (exact) mass is 568 g/mol. The minimum Gasteiger partial charge on any atom is -0.480 e. The number of carbonyl (C=O) groups is 4. The van der Waals surface area contributed by atoms with Gasteiger partial charge in [0.25, 0.3) is 0 Å². The van der Waals surface area contributed by atoms with Gasteiger partial charge in [-0.1, -0.05) is 79.8 Å². The summed E-state index contributed by atoms with van der Waals surface area (Å²) in [6, 6.07) is -0.970. The lowest BCUT2D eigenvalue weighted by Gasteiger charge is -2.14. The Kier molecular flexibility index (Phi) is 25.0. The zero-order valence-corrected chi connectivity index (χ0v) is 24.6. The highest BCUT2D eigenvalue weighted by Crippen LogP contribution is 2.03. The quantitative estimate of drug-likeness (QED) is 0.0597. The average molecular weight is 569 g/mol. The molecule has 0 aliphatic heterocycles. The van der Waals surface area contributed by atoms with E-state index >= 15 is 0 Å². The van der Waals surface area contributed by atoms with Crippen molar-refractivity contribution in [3.8, 4) is 0 Å². The zero-order valence-electron chi connectivity index (χ0n) is 24.6. The van der Waals surface area contributed by atoms with Gasteiger partial charge < -0.3 is 20.5 Å². The average Bonchev–Trinajstić information content (AvgIpc) is 2.96. The number of carboxylic acids is 1. The van der Waals surface area contributed by atoms with Crippen LogP contribution in [0, 0.1) is 0 Å². The van der Waals surface area contributed by atoms with Crippen molar-refractivity contribution in [3.05, 3.63) is 85.1 Å². The van der Waals surface area contributed by atoms with Crippen LogP contribution < -0.4 is 10.6 Å². The topological polar surface area (TPSA) is 122 Å². The van der Waals surface area contributed by atoms with E-state index in [9.17, 15) is 24.3 Å². The molecule has 0 heterocycles. The van der Waals surface area contributed by atoms with Crippen molar-refractivity contribution < 1.29 is 29.0 Å². The Morgan fingerprint density at radius 1 is 0.732 bits per heavy atom. The summed E-state index contributed by atoms with van der Waals surface area (Å²) in [7, 11) is 1.22. The van der Waals surface area contributed by atoms with Gasteiger partial charge in [-0.25, -0.2) is 9.59 Å². The number of aliphatic carboxylic acids is 1. The number of methoxy groups -OCH3 is 1. The zero-order chi connectivity index (χ0) is 30.4. The molecule has 0 saturated heterocycles. The van der Waals surface area contributed by atoms with E-state index in [0.29, 0.717) is 25.8 Å². The molecule has 0 aliphatic rings. The first-order chi connectivity index (χ1) is 19.9. The molecule has 0 aromatic carbocycles. The number of hydrogen-bond donors (Lipinski definition) is 3. The molecule has 0 unspecified atom stereocenters. The number of carbonyl (C=O) groups excluding carboxylic acids is 3. The van der Waals surface area contributed by atoms with Crippen LogP contribution in [0.2, 0.25) is 0 Å². The second-order valence-corrected chi connectivity index (χ2v) is 9.06. The SMILES string of the molecule is CC/C=C\C/C=C\C/C=C\C/C=C\C/C=C\C/C=C\CCC(=O)N[C@@H](CCCCNC(=O)/C=C/C(=O)OC)C(=O)O. The molecule has 0 aromatic rings. The number of hydrogen-bond acceptors (Lipinski definition) is 5. The number of rotatable bonds is 23. The first kappa shape index (κ1) is 37.1. The van der Waals surface area contributed by atoms with E-state index in [2.05, 4.69) is 83.1 Å². The summed E-state index contributed by atoms with van der Waals surface area (Å²) < 4.78 is 4.40. The molecule has 0 fully saturated rings. The molecule has 2 amide bonds. The van der Waals surface area contributed by atoms with Crippen molar-refractivity contribution in [1.29, 1.82) is 0 Å². The molecule has 41 heavy (non-hydrogen) atoms. The predicted octanol–water partition coefficient (Wildman–Crippen LogP) is 6.05. The number of amides is 2. The molecule has 0 rings (SSSR count). The fourth-order valence-corrected chi connectivity index (χ4v) is 3.33. The first-order valence-corrected chi connectivity index (χ1v) is 14.4. The molecular formula is C33H48N2O6. The Morgan fingerprint density at radius 3 is 1.73 bits per heavy atom. The number of carboxylic acid groups (broad SMARTS) is 1. The van der Waals surface area contributed by atoms with Crippen LogP contribution in [-0.4, -0.2) is 48.6 Å². The minimum absolute atomic E-state index is 0.217. The summed E-state index contributed by atoms with van der Waals surface area (Å²) in [5.41, 5.74) is 0. The number of ether oxygens (including phenoxy) is 1. The Hall–Kier alpha value is -3.94. The van der Waals surface area contributed by atoms with Gasteiger partial charge in [0.15, 0.2) is 0 Å². The van der Waals surface area contributed by atoms with Gasteiger partial charge in [0, 0.05) is 25.1 Å². The summed E-state index contributed by atoms with van der Waals surface area (Å²) in [5, 5.41) is 14.5. The molecule has 8 nitrogen and oxygen atoms in total. The van der Waals surface area contributed by atoms with Crippen LogP contribution in [0.4, 0.5) is 0 Å². The molecule has 0 aliphatic carbocycles. The van der Waals surface area contributed by atoms with Gasteiger partial charge in [-0.3, -0.25) is 9.59 Å².